The van der Waals surface area contributed by atoms with Crippen molar-refractivity contribution in [2.45, 2.75) is 20.0 Å². The van der Waals surface area contributed by atoms with E-state index in [-0.39, 0.29) is 12.5 Å². The van der Waals surface area contributed by atoms with Crippen LogP contribution in [0.2, 0.25) is 0 Å². The highest BCUT2D eigenvalue weighted by Gasteiger charge is 2.11. The highest BCUT2D eigenvalue weighted by Crippen LogP contribution is 2.28. The van der Waals surface area contributed by atoms with Crippen LogP contribution in [0.3, 0.4) is 0 Å². The van der Waals surface area contributed by atoms with E-state index in [1.165, 1.54) is 0 Å². The van der Waals surface area contributed by atoms with Gasteiger partial charge in [0, 0.05) is 16.7 Å². The van der Waals surface area contributed by atoms with E-state index in [1.54, 1.807) is 6.92 Å². The number of anilines is 1. The summed E-state index contributed by atoms with van der Waals surface area (Å²) in [4.78, 5) is 12.8. The van der Waals surface area contributed by atoms with E-state index in [2.05, 4.69) is 15.9 Å². The van der Waals surface area contributed by atoms with Crippen molar-refractivity contribution in [2.24, 2.45) is 5.73 Å². The predicted octanol–water partition coefficient (Wildman–Crippen LogP) is 1.81. The van der Waals surface area contributed by atoms with Gasteiger partial charge in [-0.25, -0.2) is 0 Å². The number of primary amides is 1. The highest BCUT2D eigenvalue weighted by molar-refractivity contribution is 9.10. The molecule has 94 valence electrons. The SMILES string of the molecule is CCN(CC(N)=O)c1ccc(C(C)O)c(Br)c1. The van der Waals surface area contributed by atoms with Gasteiger partial charge in [-0.05, 0) is 31.5 Å². The second kappa shape index (κ2) is 6.02. The van der Waals surface area contributed by atoms with E-state index < -0.39 is 6.10 Å². The number of rotatable bonds is 5. The molecule has 0 aliphatic carbocycles. The molecule has 0 saturated carbocycles. The number of halogens is 1. The summed E-state index contributed by atoms with van der Waals surface area (Å²) in [5, 5.41) is 9.52. The number of hydrogen-bond donors (Lipinski definition) is 2. The molecule has 1 aromatic rings. The van der Waals surface area contributed by atoms with E-state index in [0.29, 0.717) is 6.54 Å². The van der Waals surface area contributed by atoms with Crippen molar-refractivity contribution in [3.8, 4) is 0 Å². The van der Waals surface area contributed by atoms with Crippen LogP contribution in [0.4, 0.5) is 5.69 Å². The van der Waals surface area contributed by atoms with Crippen molar-refractivity contribution < 1.29 is 9.90 Å². The van der Waals surface area contributed by atoms with Gasteiger partial charge >= 0.3 is 0 Å². The monoisotopic (exact) mass is 300 g/mol. The molecule has 3 N–H and O–H groups in total. The topological polar surface area (TPSA) is 66.6 Å². The van der Waals surface area contributed by atoms with E-state index >= 15 is 0 Å². The molecular weight excluding hydrogens is 284 g/mol. The van der Waals surface area contributed by atoms with Gasteiger partial charge in [0.1, 0.15) is 0 Å². The molecule has 0 aliphatic heterocycles. The largest absolute Gasteiger partial charge is 0.389 e. The zero-order chi connectivity index (χ0) is 13.0. The molecule has 4 nitrogen and oxygen atoms in total. The van der Waals surface area contributed by atoms with E-state index in [9.17, 15) is 9.90 Å². The zero-order valence-corrected chi connectivity index (χ0v) is 11.6. The molecule has 1 rings (SSSR count). The molecule has 1 unspecified atom stereocenters. The smallest absolute Gasteiger partial charge is 0.236 e. The summed E-state index contributed by atoms with van der Waals surface area (Å²) < 4.78 is 0.827. The average Bonchev–Trinajstić information content (AvgIpc) is 2.24. The standard InChI is InChI=1S/C12H17BrN2O2/c1-3-15(7-12(14)17)9-4-5-10(8(2)16)11(13)6-9/h4-6,8,16H,3,7H2,1-2H3,(H2,14,17). The number of aliphatic hydroxyl groups excluding tert-OH is 1. The summed E-state index contributed by atoms with van der Waals surface area (Å²) >= 11 is 3.41. The third-order valence-electron chi connectivity index (χ3n) is 2.53. The van der Waals surface area contributed by atoms with Crippen LogP contribution in [0.5, 0.6) is 0 Å². The molecule has 0 heterocycles. The molecule has 0 bridgehead atoms. The first-order valence-corrected chi connectivity index (χ1v) is 6.25. The Balaban J connectivity index is 2.98. The van der Waals surface area contributed by atoms with E-state index in [1.807, 2.05) is 30.0 Å². The van der Waals surface area contributed by atoms with Gasteiger partial charge in [0.25, 0.3) is 0 Å². The molecule has 0 aliphatic rings. The fraction of sp³-hybridized carbons (Fsp3) is 0.417. The van der Waals surface area contributed by atoms with Crippen LogP contribution < -0.4 is 10.6 Å². The Morgan fingerprint density at radius 3 is 2.65 bits per heavy atom. The van der Waals surface area contributed by atoms with Gasteiger partial charge in [0.05, 0.1) is 12.6 Å². The van der Waals surface area contributed by atoms with Crippen LogP contribution in [-0.2, 0) is 4.79 Å². The first-order chi connectivity index (χ1) is 7.95. The number of hydrogen-bond acceptors (Lipinski definition) is 3. The maximum Gasteiger partial charge on any atom is 0.236 e. The molecule has 0 aromatic heterocycles. The fourth-order valence-corrected chi connectivity index (χ4v) is 2.32. The number of aliphatic hydroxyl groups is 1. The molecule has 1 atom stereocenters. The predicted molar refractivity (Wildman–Crippen MR) is 71.9 cm³/mol. The van der Waals surface area contributed by atoms with Crippen LogP contribution >= 0.6 is 15.9 Å². The molecule has 0 saturated heterocycles. The van der Waals surface area contributed by atoms with Crippen molar-refractivity contribution in [1.82, 2.24) is 0 Å². The van der Waals surface area contributed by atoms with Gasteiger partial charge in [0.2, 0.25) is 5.91 Å². The summed E-state index contributed by atoms with van der Waals surface area (Å²) in [5.74, 6) is -0.359. The number of likely N-dealkylation sites (N-methyl/N-ethyl adjacent to an activating group) is 1. The van der Waals surface area contributed by atoms with Gasteiger partial charge in [-0.2, -0.15) is 0 Å². The minimum Gasteiger partial charge on any atom is -0.389 e. The number of carbonyl (C=O) groups is 1. The van der Waals surface area contributed by atoms with Crippen LogP contribution in [0.25, 0.3) is 0 Å². The zero-order valence-electron chi connectivity index (χ0n) is 9.98. The fourth-order valence-electron chi connectivity index (χ4n) is 1.63. The lowest BCUT2D eigenvalue weighted by atomic mass is 10.1. The number of nitrogens with two attached hydrogens (primary N) is 1. The summed E-state index contributed by atoms with van der Waals surface area (Å²) in [6.45, 7) is 4.56. The minimum atomic E-state index is -0.523. The number of amides is 1. The summed E-state index contributed by atoms with van der Waals surface area (Å²) in [6, 6.07) is 5.60. The van der Waals surface area contributed by atoms with Gasteiger partial charge in [0.15, 0.2) is 0 Å². The van der Waals surface area contributed by atoms with Crippen molar-refractivity contribution in [2.75, 3.05) is 18.0 Å². The van der Waals surface area contributed by atoms with Crippen LogP contribution in [0, 0.1) is 0 Å². The quantitative estimate of drug-likeness (QED) is 0.871. The van der Waals surface area contributed by atoms with Gasteiger partial charge < -0.3 is 15.7 Å². The number of carbonyl (C=O) groups excluding carboxylic acids is 1. The average molecular weight is 301 g/mol. The molecular formula is C12H17BrN2O2. The third kappa shape index (κ3) is 3.71. The van der Waals surface area contributed by atoms with Crippen LogP contribution in [-0.4, -0.2) is 24.1 Å². The van der Waals surface area contributed by atoms with Crippen molar-refractivity contribution >= 4 is 27.5 Å². The Bertz CT molecular complexity index is 407. The second-order valence-electron chi connectivity index (χ2n) is 3.86. The Morgan fingerprint density at radius 2 is 2.24 bits per heavy atom. The first-order valence-electron chi connectivity index (χ1n) is 5.46. The Hall–Kier alpha value is -1.07. The van der Waals surface area contributed by atoms with Crippen LogP contribution in [0.15, 0.2) is 22.7 Å². The lowest BCUT2D eigenvalue weighted by Crippen LogP contribution is -2.33. The lowest BCUT2D eigenvalue weighted by molar-refractivity contribution is -0.116. The van der Waals surface area contributed by atoms with Gasteiger partial charge in [-0.15, -0.1) is 0 Å². The van der Waals surface area contributed by atoms with Crippen molar-refractivity contribution in [3.63, 3.8) is 0 Å². The molecule has 5 heteroatoms. The maximum absolute atomic E-state index is 10.9. The van der Waals surface area contributed by atoms with E-state index in [0.717, 1.165) is 15.7 Å². The van der Waals surface area contributed by atoms with Gasteiger partial charge in [-0.1, -0.05) is 22.0 Å². The highest BCUT2D eigenvalue weighted by atomic mass is 79.9. The molecule has 0 fully saturated rings. The van der Waals surface area contributed by atoms with Crippen LogP contribution in [0.1, 0.15) is 25.5 Å². The van der Waals surface area contributed by atoms with Gasteiger partial charge in [-0.3, -0.25) is 4.79 Å². The molecule has 0 spiro atoms. The van der Waals surface area contributed by atoms with E-state index in [4.69, 9.17) is 5.73 Å². The summed E-state index contributed by atoms with van der Waals surface area (Å²) in [6.07, 6.45) is -0.523. The number of benzene rings is 1. The van der Waals surface area contributed by atoms with Crippen molar-refractivity contribution in [1.29, 1.82) is 0 Å². The second-order valence-corrected chi connectivity index (χ2v) is 4.72. The summed E-state index contributed by atoms with van der Waals surface area (Å²) in [5.41, 5.74) is 6.92. The first kappa shape index (κ1) is 14.0. The molecule has 1 amide bonds. The molecule has 0 radical (unpaired) electrons. The van der Waals surface area contributed by atoms with Crippen molar-refractivity contribution in [3.05, 3.63) is 28.2 Å². The Labute approximate surface area is 110 Å². The Morgan fingerprint density at radius 1 is 1.59 bits per heavy atom. The normalized spacial score (nSPS) is 12.2. The number of nitrogens with zero attached hydrogens (tertiary/aromatic N) is 1. The third-order valence-corrected chi connectivity index (χ3v) is 3.21. The minimum absolute atomic E-state index is 0.191. The summed E-state index contributed by atoms with van der Waals surface area (Å²) in [7, 11) is 0. The lowest BCUT2D eigenvalue weighted by Gasteiger charge is -2.22. The maximum atomic E-state index is 10.9. The Kier molecular flexibility index (Phi) is 4.96. The molecule has 1 aromatic carbocycles. The molecule has 17 heavy (non-hydrogen) atoms.